The number of carbonyl (C=O) groups is 1. The van der Waals surface area contributed by atoms with Gasteiger partial charge in [0.25, 0.3) is 5.91 Å². The highest BCUT2D eigenvalue weighted by molar-refractivity contribution is 5.97. The largest absolute Gasteiger partial charge is 0.461 e. The van der Waals surface area contributed by atoms with Crippen LogP contribution in [-0.4, -0.2) is 50.7 Å². The third kappa shape index (κ3) is 4.16. The van der Waals surface area contributed by atoms with Crippen molar-refractivity contribution >= 4 is 16.9 Å². The molecule has 1 amide bonds. The van der Waals surface area contributed by atoms with Crippen LogP contribution >= 0.6 is 0 Å². The Morgan fingerprint density at radius 2 is 2.29 bits per heavy atom. The summed E-state index contributed by atoms with van der Waals surface area (Å²) in [5, 5.41) is 4.06. The zero-order valence-corrected chi connectivity index (χ0v) is 14.5. The van der Waals surface area contributed by atoms with Crippen molar-refractivity contribution in [3.63, 3.8) is 0 Å². The number of fused-ring (bicyclic) bond motifs is 1. The fourth-order valence-corrected chi connectivity index (χ4v) is 3.37. The van der Waals surface area contributed by atoms with Gasteiger partial charge in [0.2, 0.25) is 0 Å². The Hall–Kier alpha value is -1.85. The van der Waals surface area contributed by atoms with Gasteiger partial charge in [-0.25, -0.2) is 0 Å². The maximum absolute atomic E-state index is 12.4. The second kappa shape index (κ2) is 7.81. The maximum Gasteiger partial charge on any atom is 0.251 e. The molecule has 1 unspecified atom stereocenters. The highest BCUT2D eigenvalue weighted by Gasteiger charge is 2.22. The summed E-state index contributed by atoms with van der Waals surface area (Å²) in [5.74, 6) is 1.40. The SMILES string of the molecule is COCCCN1CCC(CNC(=O)c2ccc3oc(C)cc3c2)C1. The van der Waals surface area contributed by atoms with Gasteiger partial charge >= 0.3 is 0 Å². The Balaban J connectivity index is 1.48. The first-order chi connectivity index (χ1) is 11.7. The van der Waals surface area contributed by atoms with E-state index in [4.69, 9.17) is 9.15 Å². The fourth-order valence-electron chi connectivity index (χ4n) is 3.37. The normalized spacial score (nSPS) is 18.3. The van der Waals surface area contributed by atoms with Gasteiger partial charge in [0, 0.05) is 44.3 Å². The molecule has 1 aromatic heterocycles. The molecule has 1 N–H and O–H groups in total. The van der Waals surface area contributed by atoms with E-state index < -0.39 is 0 Å². The Morgan fingerprint density at radius 3 is 3.12 bits per heavy atom. The first kappa shape index (κ1) is 17.0. The molecule has 3 rings (SSSR count). The zero-order valence-electron chi connectivity index (χ0n) is 14.5. The molecule has 2 heterocycles. The number of hydrogen-bond donors (Lipinski definition) is 1. The monoisotopic (exact) mass is 330 g/mol. The van der Waals surface area contributed by atoms with Crippen LogP contribution in [0.15, 0.2) is 28.7 Å². The third-order valence-electron chi connectivity index (χ3n) is 4.65. The van der Waals surface area contributed by atoms with Gasteiger partial charge in [0.05, 0.1) is 0 Å². The summed E-state index contributed by atoms with van der Waals surface area (Å²) >= 11 is 0. The molecule has 0 spiro atoms. The van der Waals surface area contributed by atoms with Crippen molar-refractivity contribution in [2.75, 3.05) is 39.9 Å². The van der Waals surface area contributed by atoms with E-state index in [0.717, 1.165) is 62.4 Å². The second-order valence-electron chi connectivity index (χ2n) is 6.62. The predicted octanol–water partition coefficient (Wildman–Crippen LogP) is 2.83. The van der Waals surface area contributed by atoms with E-state index in [1.165, 1.54) is 0 Å². The number of methoxy groups -OCH3 is 1. The van der Waals surface area contributed by atoms with Crippen molar-refractivity contribution in [2.24, 2.45) is 5.92 Å². The van der Waals surface area contributed by atoms with Crippen LogP contribution in [0, 0.1) is 12.8 Å². The molecule has 1 aromatic carbocycles. The highest BCUT2D eigenvalue weighted by Crippen LogP contribution is 2.20. The topological polar surface area (TPSA) is 54.7 Å². The van der Waals surface area contributed by atoms with E-state index in [0.29, 0.717) is 11.5 Å². The van der Waals surface area contributed by atoms with Crippen molar-refractivity contribution in [2.45, 2.75) is 19.8 Å². The Kier molecular flexibility index (Phi) is 5.53. The molecule has 1 atom stereocenters. The van der Waals surface area contributed by atoms with Crippen LogP contribution in [0.1, 0.15) is 29.0 Å². The minimum Gasteiger partial charge on any atom is -0.461 e. The zero-order chi connectivity index (χ0) is 16.9. The van der Waals surface area contributed by atoms with Gasteiger partial charge in [-0.3, -0.25) is 4.79 Å². The van der Waals surface area contributed by atoms with Crippen LogP contribution in [-0.2, 0) is 4.74 Å². The number of ether oxygens (including phenoxy) is 1. The number of amides is 1. The minimum absolute atomic E-state index is 0.00594. The highest BCUT2D eigenvalue weighted by atomic mass is 16.5. The van der Waals surface area contributed by atoms with Gasteiger partial charge < -0.3 is 19.4 Å². The lowest BCUT2D eigenvalue weighted by Crippen LogP contribution is -2.31. The average molecular weight is 330 g/mol. The van der Waals surface area contributed by atoms with Gasteiger partial charge in [-0.2, -0.15) is 0 Å². The molecule has 24 heavy (non-hydrogen) atoms. The van der Waals surface area contributed by atoms with Crippen molar-refractivity contribution in [1.29, 1.82) is 0 Å². The molecular formula is C19H26N2O3. The number of benzene rings is 1. The van der Waals surface area contributed by atoms with Gasteiger partial charge in [0.15, 0.2) is 0 Å². The van der Waals surface area contributed by atoms with Crippen LogP contribution in [0.5, 0.6) is 0 Å². The number of carbonyl (C=O) groups excluding carboxylic acids is 1. The van der Waals surface area contributed by atoms with Gasteiger partial charge in [-0.1, -0.05) is 0 Å². The summed E-state index contributed by atoms with van der Waals surface area (Å²) in [7, 11) is 1.74. The number of likely N-dealkylation sites (tertiary alicyclic amines) is 1. The molecule has 2 aromatic rings. The van der Waals surface area contributed by atoms with Crippen LogP contribution in [0.2, 0.25) is 0 Å². The van der Waals surface area contributed by atoms with Crippen LogP contribution in [0.4, 0.5) is 0 Å². The molecule has 5 heteroatoms. The fraction of sp³-hybridized carbons (Fsp3) is 0.526. The van der Waals surface area contributed by atoms with E-state index in [-0.39, 0.29) is 5.91 Å². The molecule has 1 fully saturated rings. The number of nitrogens with one attached hydrogen (secondary N) is 1. The molecule has 0 saturated carbocycles. The third-order valence-corrected chi connectivity index (χ3v) is 4.65. The van der Waals surface area contributed by atoms with Gasteiger partial charge in [0.1, 0.15) is 11.3 Å². The van der Waals surface area contributed by atoms with Crippen molar-refractivity contribution in [3.8, 4) is 0 Å². The summed E-state index contributed by atoms with van der Waals surface area (Å²) in [6.07, 6.45) is 2.22. The van der Waals surface area contributed by atoms with Crippen LogP contribution in [0.3, 0.4) is 0 Å². The smallest absolute Gasteiger partial charge is 0.251 e. The molecule has 0 radical (unpaired) electrons. The first-order valence-electron chi connectivity index (χ1n) is 8.65. The number of furan rings is 1. The summed E-state index contributed by atoms with van der Waals surface area (Å²) in [6, 6.07) is 7.55. The van der Waals surface area contributed by atoms with Crippen molar-refractivity contribution in [3.05, 3.63) is 35.6 Å². The predicted molar refractivity (Wildman–Crippen MR) is 94.3 cm³/mol. The van der Waals surface area contributed by atoms with E-state index in [2.05, 4.69) is 10.2 Å². The molecule has 5 nitrogen and oxygen atoms in total. The number of rotatable bonds is 7. The Bertz CT molecular complexity index is 695. The second-order valence-corrected chi connectivity index (χ2v) is 6.62. The standard InChI is InChI=1S/C19H26N2O3/c1-14-10-17-11-16(4-5-18(17)24-14)19(22)20-12-15-6-8-21(13-15)7-3-9-23-2/h4-5,10-11,15H,3,6-9,12-13H2,1-2H3,(H,20,22). The summed E-state index contributed by atoms with van der Waals surface area (Å²) < 4.78 is 10.6. The van der Waals surface area contributed by atoms with Crippen molar-refractivity contribution < 1.29 is 13.9 Å². The van der Waals surface area contributed by atoms with E-state index in [1.807, 2.05) is 31.2 Å². The van der Waals surface area contributed by atoms with E-state index >= 15 is 0 Å². The van der Waals surface area contributed by atoms with Crippen molar-refractivity contribution in [1.82, 2.24) is 10.2 Å². The minimum atomic E-state index is -0.00594. The molecular weight excluding hydrogens is 304 g/mol. The molecule has 1 saturated heterocycles. The molecule has 130 valence electrons. The Morgan fingerprint density at radius 1 is 1.42 bits per heavy atom. The lowest BCUT2D eigenvalue weighted by Gasteiger charge is -2.16. The maximum atomic E-state index is 12.4. The lowest BCUT2D eigenvalue weighted by molar-refractivity contribution is 0.0947. The van der Waals surface area contributed by atoms with Crippen LogP contribution < -0.4 is 5.32 Å². The Labute approximate surface area is 143 Å². The lowest BCUT2D eigenvalue weighted by atomic mass is 10.1. The number of hydrogen-bond acceptors (Lipinski definition) is 4. The molecule has 1 aliphatic heterocycles. The first-order valence-corrected chi connectivity index (χ1v) is 8.65. The van der Waals surface area contributed by atoms with Gasteiger partial charge in [-0.05, 0) is 56.5 Å². The van der Waals surface area contributed by atoms with E-state index in [9.17, 15) is 4.79 Å². The number of aryl methyl sites for hydroxylation is 1. The quantitative estimate of drug-likeness (QED) is 0.793. The average Bonchev–Trinajstić information content (AvgIpc) is 3.17. The molecule has 0 aliphatic carbocycles. The summed E-state index contributed by atoms with van der Waals surface area (Å²) in [6.45, 7) is 6.72. The summed E-state index contributed by atoms with van der Waals surface area (Å²) in [5.41, 5.74) is 1.52. The molecule has 0 bridgehead atoms. The summed E-state index contributed by atoms with van der Waals surface area (Å²) in [4.78, 5) is 14.8. The molecule has 1 aliphatic rings. The van der Waals surface area contributed by atoms with Gasteiger partial charge in [-0.15, -0.1) is 0 Å². The number of nitrogens with zero attached hydrogens (tertiary/aromatic N) is 1. The van der Waals surface area contributed by atoms with E-state index in [1.54, 1.807) is 7.11 Å². The van der Waals surface area contributed by atoms with Crippen LogP contribution in [0.25, 0.3) is 11.0 Å².